The molecular formula is C61H86N18O15. The molecule has 9 atom stereocenters. The molecule has 4 aromatic rings. The van der Waals surface area contributed by atoms with Crippen molar-refractivity contribution in [2.24, 2.45) is 28.1 Å². The van der Waals surface area contributed by atoms with Crippen LogP contribution in [0.4, 0.5) is 4.79 Å². The molecule has 33 nitrogen and oxygen atoms in total. The third-order valence-corrected chi connectivity index (χ3v) is 15.8. The number of aromatic hydroxyl groups is 1. The Hall–Kier alpha value is -10.2. The van der Waals surface area contributed by atoms with Crippen LogP contribution in [0, 0.1) is 5.92 Å². The van der Waals surface area contributed by atoms with Crippen molar-refractivity contribution >= 4 is 87.9 Å². The molecule has 2 aliphatic heterocycles. The number of primary amides is 1. The van der Waals surface area contributed by atoms with Gasteiger partial charge in [-0.2, -0.15) is 0 Å². The number of aliphatic hydroxyl groups excluding tert-OH is 2. The molecule has 0 aliphatic carbocycles. The van der Waals surface area contributed by atoms with E-state index in [0.29, 0.717) is 39.0 Å². The average molecular weight is 1310 g/mol. The molecule has 94 heavy (non-hydrogen) atoms. The zero-order chi connectivity index (χ0) is 69.1. The van der Waals surface area contributed by atoms with Crippen LogP contribution in [0.15, 0.2) is 72.2 Å². The van der Waals surface area contributed by atoms with Gasteiger partial charge in [-0.25, -0.2) is 15.2 Å². The molecule has 0 unspecified atom stereocenters. The highest BCUT2D eigenvalue weighted by Crippen LogP contribution is 2.25. The van der Waals surface area contributed by atoms with Crippen molar-refractivity contribution in [1.82, 2.24) is 72.4 Å². The Bertz CT molecular complexity index is 3400. The van der Waals surface area contributed by atoms with Gasteiger partial charge in [-0.05, 0) is 94.5 Å². The maximum Gasteiger partial charge on any atom is 0.330 e. The van der Waals surface area contributed by atoms with Crippen LogP contribution in [0.5, 0.6) is 5.75 Å². The lowest BCUT2D eigenvalue weighted by Crippen LogP contribution is -2.66. The van der Waals surface area contributed by atoms with Gasteiger partial charge in [0.25, 0.3) is 11.8 Å². The van der Waals surface area contributed by atoms with Crippen LogP contribution >= 0.6 is 0 Å². The summed E-state index contributed by atoms with van der Waals surface area (Å²) in [6, 6.07) is -2.42. The van der Waals surface area contributed by atoms with Crippen molar-refractivity contribution in [3.63, 3.8) is 0 Å². The zero-order valence-electron chi connectivity index (χ0n) is 53.2. The molecule has 510 valence electrons. The van der Waals surface area contributed by atoms with E-state index in [1.807, 2.05) is 5.43 Å². The van der Waals surface area contributed by atoms with Crippen molar-refractivity contribution < 1.29 is 72.9 Å². The highest BCUT2D eigenvalue weighted by molar-refractivity contribution is 6.05. The lowest BCUT2D eigenvalue weighted by atomic mass is 9.96. The number of amides is 13. The maximum absolute atomic E-state index is 15.5. The molecule has 0 bridgehead atoms. The second kappa shape index (κ2) is 33.4. The number of benzene rings is 2. The molecule has 0 radical (unpaired) electrons. The van der Waals surface area contributed by atoms with Gasteiger partial charge in [-0.3, -0.25) is 68.1 Å². The molecule has 2 saturated heterocycles. The minimum absolute atomic E-state index is 0.0348. The first kappa shape index (κ1) is 72.9. The molecule has 2 aromatic heterocycles. The highest BCUT2D eigenvalue weighted by Gasteiger charge is 2.45. The number of aliphatic imine (C=N–C) groups is 1. The van der Waals surface area contributed by atoms with Crippen LogP contribution in [0.2, 0.25) is 0 Å². The van der Waals surface area contributed by atoms with Gasteiger partial charge in [0.2, 0.25) is 53.2 Å². The molecule has 0 spiro atoms. The number of hydrazine groups is 1. The minimum atomic E-state index is -2.14. The molecule has 2 aliphatic rings. The smallest absolute Gasteiger partial charge is 0.330 e. The summed E-state index contributed by atoms with van der Waals surface area (Å²) in [6.45, 7) is 6.73. The minimum Gasteiger partial charge on any atom is -0.508 e. The Morgan fingerprint density at radius 3 is 1.99 bits per heavy atom. The maximum atomic E-state index is 15.5. The number of imide groups is 1. The molecular weight excluding hydrogens is 1220 g/mol. The zero-order valence-corrected chi connectivity index (χ0v) is 53.2. The molecule has 4 heterocycles. The predicted octanol–water partition coefficient (Wildman–Crippen LogP) is -3.16. The van der Waals surface area contributed by atoms with Gasteiger partial charge in [-0.15, -0.1) is 0 Å². The fourth-order valence-electron chi connectivity index (χ4n) is 11.3. The summed E-state index contributed by atoms with van der Waals surface area (Å²) in [5, 5.41) is 49.0. The van der Waals surface area contributed by atoms with Gasteiger partial charge in [-0.1, -0.05) is 44.2 Å². The summed E-state index contributed by atoms with van der Waals surface area (Å²) in [4.78, 5) is 185. The van der Waals surface area contributed by atoms with Crippen LogP contribution < -0.4 is 60.0 Å². The molecule has 33 heteroatoms. The third kappa shape index (κ3) is 19.9. The Morgan fingerprint density at radius 1 is 0.745 bits per heavy atom. The number of guanidine groups is 1. The van der Waals surface area contributed by atoms with E-state index in [1.54, 1.807) is 44.3 Å². The quantitative estimate of drug-likeness (QED) is 0.0106. The molecule has 13 amide bonds. The Labute approximate surface area is 541 Å². The lowest BCUT2D eigenvalue weighted by Gasteiger charge is -2.43. The van der Waals surface area contributed by atoms with E-state index in [2.05, 4.69) is 57.3 Å². The first-order chi connectivity index (χ1) is 44.5. The summed E-state index contributed by atoms with van der Waals surface area (Å²) < 4.78 is 0. The van der Waals surface area contributed by atoms with E-state index in [9.17, 15) is 58.5 Å². The number of H-pyrrole nitrogens is 2. The number of nitrogens with two attached hydrogens (primary N) is 3. The summed E-state index contributed by atoms with van der Waals surface area (Å²) in [7, 11) is 0. The number of para-hydroxylation sites is 1. The third-order valence-electron chi connectivity index (χ3n) is 15.8. The van der Waals surface area contributed by atoms with Gasteiger partial charge < -0.3 is 84.2 Å². The number of phenolic OH excluding ortho intramolecular Hbond substituents is 1. The number of aromatic nitrogens is 3. The van der Waals surface area contributed by atoms with E-state index < -0.39 is 145 Å². The van der Waals surface area contributed by atoms with Crippen molar-refractivity contribution in [2.45, 2.75) is 166 Å². The summed E-state index contributed by atoms with van der Waals surface area (Å²) in [5.74, 6) is -10.8. The number of phenols is 1. The fraction of sp³-hybridized carbons (Fsp3) is 0.508. The van der Waals surface area contributed by atoms with E-state index in [0.717, 1.165) is 11.8 Å². The summed E-state index contributed by atoms with van der Waals surface area (Å²) in [5.41, 5.74) is 20.7. The number of likely N-dealkylation sites (tertiary alicyclic amines) is 1. The van der Waals surface area contributed by atoms with Crippen molar-refractivity contribution in [3.05, 3.63) is 84.1 Å². The van der Waals surface area contributed by atoms with Crippen LogP contribution in [0.25, 0.3) is 10.9 Å². The van der Waals surface area contributed by atoms with Crippen molar-refractivity contribution in [2.75, 3.05) is 26.3 Å². The number of rotatable bonds is 30. The van der Waals surface area contributed by atoms with Gasteiger partial charge in [0.05, 0.1) is 19.5 Å². The fourth-order valence-corrected chi connectivity index (χ4v) is 11.3. The lowest BCUT2D eigenvalue weighted by molar-refractivity contribution is -0.156. The average Bonchev–Trinajstić information content (AvgIpc) is 0.815. The van der Waals surface area contributed by atoms with E-state index >= 15 is 14.4 Å². The Kier molecular flexibility index (Phi) is 25.9. The SMILES string of the molecule is CC(=O)N(C(=O)[C@H](Cc1c[nH]c2ccccc12)NC(=O)[C@H](Cc1cnc[nH]1)NC(=O)[C@@H]1CCC(=O)N1)[C@H](CO)C(=O)N[C@@H](Cc1ccc(O)cc1)C(=O)N([C@@H](CO)C(=O)N[C@@H](CC(C)C)C(=O)N[C@@H](CCCN=C(N)N)C(=O)N1CCC[C@H]1C(=O)NNC(N)=O)C(C)(C)C. The largest absolute Gasteiger partial charge is 0.508 e. The van der Waals surface area contributed by atoms with Gasteiger partial charge in [0.15, 0.2) is 5.96 Å². The molecule has 2 aromatic carbocycles. The summed E-state index contributed by atoms with van der Waals surface area (Å²) >= 11 is 0. The topological polar surface area (TPSA) is 506 Å². The number of carbonyl (C=O) groups is 12. The number of hydrogen-bond acceptors (Lipinski definition) is 17. The number of aromatic amines is 2. The number of carbonyl (C=O) groups excluding carboxylic acids is 12. The van der Waals surface area contributed by atoms with E-state index in [-0.39, 0.29) is 88.0 Å². The van der Waals surface area contributed by atoms with Gasteiger partial charge >= 0.3 is 6.03 Å². The van der Waals surface area contributed by atoms with Gasteiger partial charge in [0, 0.05) is 80.2 Å². The summed E-state index contributed by atoms with van der Waals surface area (Å²) in [6.07, 6.45) is 4.15. The Balaban J connectivity index is 1.31. The monoisotopic (exact) mass is 1310 g/mol. The van der Waals surface area contributed by atoms with Crippen LogP contribution in [0.1, 0.15) is 103 Å². The number of fused-ring (bicyclic) bond motifs is 1. The van der Waals surface area contributed by atoms with Gasteiger partial charge in [0.1, 0.15) is 60.1 Å². The highest BCUT2D eigenvalue weighted by atomic mass is 16.3. The normalized spacial score (nSPS) is 16.8. The number of imidazole rings is 1. The second-order valence-corrected chi connectivity index (χ2v) is 24.4. The van der Waals surface area contributed by atoms with Crippen LogP contribution in [-0.4, -0.2) is 208 Å². The molecule has 2 fully saturated rings. The van der Waals surface area contributed by atoms with Crippen LogP contribution in [0.3, 0.4) is 0 Å². The molecule has 6 rings (SSSR count). The van der Waals surface area contributed by atoms with E-state index in [4.69, 9.17) is 17.2 Å². The van der Waals surface area contributed by atoms with Crippen molar-refractivity contribution in [1.29, 1.82) is 0 Å². The molecule has 19 N–H and O–H groups in total. The predicted molar refractivity (Wildman–Crippen MR) is 338 cm³/mol. The number of hydrogen-bond donors (Lipinski definition) is 16. The number of urea groups is 1. The number of nitrogens with zero attached hydrogens (tertiary/aromatic N) is 5. The standard InChI is InChI=1S/C61H86N18O15/c1-32(2)23-42(51(86)70-41(13-9-21-66-59(62)63)56(91)77-22-10-14-46(77)55(90)75-76-60(64)94)72-54(89)48(30-81)79(61(4,5)6)58(93)44(24-34-15-17-37(83)18-16-34)74-53(88)47(29-80)78(33(3)82)57(92)45(25-35-27-67-39-12-8-7-11-38(35)39)73-52(87)43(26-36-28-65-31-68-36)71-50(85)40-19-20-49(84)69-40/h7-8,11-12,15-18,27-28,31-32,40-48,67,80-81,83H,9-10,13-14,19-26,29-30H2,1-6H3,(H,65,68)(H,69,84)(H,70,86)(H,71,85)(H,72,89)(H,73,87)(H,74,88)(H,75,90)(H4,62,63,66)(H3,64,76,94)/t40-,41-,42-,43-,44-,45-,46-,47+,48-/m0/s1. The van der Waals surface area contributed by atoms with Crippen LogP contribution in [-0.2, 0) is 72.0 Å². The van der Waals surface area contributed by atoms with E-state index in [1.165, 1.54) is 62.5 Å². The second-order valence-electron chi connectivity index (χ2n) is 24.4. The number of nitrogens with one attached hydrogen (secondary N) is 10. The Morgan fingerprint density at radius 2 is 1.38 bits per heavy atom. The van der Waals surface area contributed by atoms with Crippen molar-refractivity contribution in [3.8, 4) is 5.75 Å². The first-order valence-corrected chi connectivity index (χ1v) is 30.7. The first-order valence-electron chi connectivity index (χ1n) is 30.7. The number of aliphatic hydroxyl groups is 2. The molecule has 0 saturated carbocycles.